The van der Waals surface area contributed by atoms with E-state index in [1.807, 2.05) is 65.0 Å². The SMILES string of the molecule is CC(C)NC(=O)c1cccc(-c2cc(-c3ccc(CN4CCC(NC(=O)OC(C)(C)C)CC4)cc3)[nH]n2)c1. The maximum atomic E-state index is 12.4. The van der Waals surface area contributed by atoms with Gasteiger partial charge < -0.3 is 15.4 Å². The highest BCUT2D eigenvalue weighted by Crippen LogP contribution is 2.25. The molecule has 1 aromatic heterocycles. The van der Waals surface area contributed by atoms with Gasteiger partial charge in [-0.2, -0.15) is 5.10 Å². The second kappa shape index (κ2) is 11.8. The molecule has 0 aliphatic carbocycles. The van der Waals surface area contributed by atoms with E-state index in [-0.39, 0.29) is 24.1 Å². The van der Waals surface area contributed by atoms with Crippen molar-refractivity contribution in [2.75, 3.05) is 13.1 Å². The number of likely N-dealkylation sites (tertiary alicyclic amines) is 1. The Balaban J connectivity index is 1.31. The van der Waals surface area contributed by atoms with Crippen LogP contribution in [0.4, 0.5) is 4.79 Å². The molecule has 0 saturated carbocycles. The lowest BCUT2D eigenvalue weighted by atomic mass is 10.0. The lowest BCUT2D eigenvalue weighted by Crippen LogP contribution is -2.45. The van der Waals surface area contributed by atoms with Gasteiger partial charge in [-0.15, -0.1) is 0 Å². The number of amides is 2. The van der Waals surface area contributed by atoms with Crippen molar-refractivity contribution in [3.8, 4) is 22.5 Å². The highest BCUT2D eigenvalue weighted by Gasteiger charge is 2.23. The lowest BCUT2D eigenvalue weighted by Gasteiger charge is -2.32. The molecule has 0 bridgehead atoms. The average Bonchev–Trinajstić information content (AvgIpc) is 3.35. The summed E-state index contributed by atoms with van der Waals surface area (Å²) in [5, 5.41) is 13.5. The predicted molar refractivity (Wildman–Crippen MR) is 150 cm³/mol. The van der Waals surface area contributed by atoms with E-state index in [9.17, 15) is 9.59 Å². The number of hydrogen-bond acceptors (Lipinski definition) is 5. The highest BCUT2D eigenvalue weighted by atomic mass is 16.6. The van der Waals surface area contributed by atoms with Crippen LogP contribution in [-0.4, -0.2) is 57.9 Å². The molecule has 3 aromatic rings. The first-order chi connectivity index (χ1) is 18.1. The van der Waals surface area contributed by atoms with E-state index in [1.165, 1.54) is 5.56 Å². The van der Waals surface area contributed by atoms with Crippen molar-refractivity contribution in [3.63, 3.8) is 0 Å². The highest BCUT2D eigenvalue weighted by molar-refractivity contribution is 5.95. The Kier molecular flexibility index (Phi) is 8.52. The minimum Gasteiger partial charge on any atom is -0.444 e. The minimum absolute atomic E-state index is 0.0825. The molecule has 1 aliphatic rings. The molecular weight excluding hydrogens is 478 g/mol. The number of rotatable bonds is 7. The van der Waals surface area contributed by atoms with Gasteiger partial charge in [0.1, 0.15) is 5.60 Å². The monoisotopic (exact) mass is 517 g/mol. The molecule has 8 nitrogen and oxygen atoms in total. The van der Waals surface area contributed by atoms with Crippen LogP contribution in [0.3, 0.4) is 0 Å². The number of ether oxygens (including phenoxy) is 1. The van der Waals surface area contributed by atoms with Crippen LogP contribution in [0.25, 0.3) is 22.5 Å². The second-order valence-corrected chi connectivity index (χ2v) is 11.3. The molecular formula is C30H39N5O3. The fourth-order valence-electron chi connectivity index (χ4n) is 4.54. The number of nitrogens with one attached hydrogen (secondary N) is 3. The zero-order valence-electron chi connectivity index (χ0n) is 23.0. The number of nitrogens with zero attached hydrogens (tertiary/aromatic N) is 2. The smallest absolute Gasteiger partial charge is 0.407 e. The number of piperidine rings is 1. The zero-order valence-corrected chi connectivity index (χ0v) is 23.0. The molecule has 3 N–H and O–H groups in total. The van der Waals surface area contributed by atoms with Crippen molar-refractivity contribution in [1.82, 2.24) is 25.7 Å². The summed E-state index contributed by atoms with van der Waals surface area (Å²) in [5.41, 5.74) is 5.06. The Hall–Kier alpha value is -3.65. The van der Waals surface area contributed by atoms with E-state index in [2.05, 4.69) is 50.0 Å². The summed E-state index contributed by atoms with van der Waals surface area (Å²) in [7, 11) is 0. The normalized spacial score (nSPS) is 14.9. The quantitative estimate of drug-likeness (QED) is 0.391. The average molecular weight is 518 g/mol. The van der Waals surface area contributed by atoms with Gasteiger partial charge in [-0.1, -0.05) is 36.4 Å². The summed E-state index contributed by atoms with van der Waals surface area (Å²) >= 11 is 0. The van der Waals surface area contributed by atoms with Crippen LogP contribution < -0.4 is 10.6 Å². The Labute approximate surface area is 225 Å². The number of benzene rings is 2. The fourth-order valence-corrected chi connectivity index (χ4v) is 4.54. The number of carbonyl (C=O) groups excluding carboxylic acids is 2. The lowest BCUT2D eigenvalue weighted by molar-refractivity contribution is 0.0477. The van der Waals surface area contributed by atoms with Crippen LogP contribution >= 0.6 is 0 Å². The molecule has 8 heteroatoms. The number of alkyl carbamates (subject to hydrolysis) is 1. The Morgan fingerprint density at radius 3 is 2.42 bits per heavy atom. The topological polar surface area (TPSA) is 99.4 Å². The van der Waals surface area contributed by atoms with Crippen LogP contribution in [0.15, 0.2) is 54.6 Å². The first kappa shape index (κ1) is 27.4. The van der Waals surface area contributed by atoms with Crippen molar-refractivity contribution < 1.29 is 14.3 Å². The van der Waals surface area contributed by atoms with Gasteiger partial charge in [0.15, 0.2) is 0 Å². The summed E-state index contributed by atoms with van der Waals surface area (Å²) in [5.74, 6) is -0.0864. The maximum absolute atomic E-state index is 12.4. The number of aromatic amines is 1. The van der Waals surface area contributed by atoms with E-state index in [0.29, 0.717) is 5.56 Å². The number of H-pyrrole nitrogens is 1. The van der Waals surface area contributed by atoms with Crippen molar-refractivity contribution >= 4 is 12.0 Å². The minimum atomic E-state index is -0.481. The van der Waals surface area contributed by atoms with Gasteiger partial charge >= 0.3 is 6.09 Å². The van der Waals surface area contributed by atoms with Gasteiger partial charge in [-0.25, -0.2) is 4.79 Å². The summed E-state index contributed by atoms with van der Waals surface area (Å²) in [6, 6.07) is 18.3. The van der Waals surface area contributed by atoms with Gasteiger partial charge in [-0.05, 0) is 76.8 Å². The van der Waals surface area contributed by atoms with E-state index in [4.69, 9.17) is 4.74 Å². The number of hydrogen-bond donors (Lipinski definition) is 3. The van der Waals surface area contributed by atoms with E-state index >= 15 is 0 Å². The van der Waals surface area contributed by atoms with Crippen molar-refractivity contribution in [1.29, 1.82) is 0 Å². The molecule has 2 aromatic carbocycles. The molecule has 4 rings (SSSR count). The Morgan fingerprint density at radius 2 is 1.76 bits per heavy atom. The summed E-state index contributed by atoms with van der Waals surface area (Å²) in [6.45, 7) is 12.3. The Bertz CT molecular complexity index is 1240. The van der Waals surface area contributed by atoms with Crippen LogP contribution in [0.5, 0.6) is 0 Å². The fraction of sp³-hybridized carbons (Fsp3) is 0.433. The standard InChI is InChI=1S/C30H39N5O3/c1-20(2)31-28(36)24-8-6-7-23(17-24)27-18-26(33-34-27)22-11-9-21(10-12-22)19-35-15-13-25(14-16-35)32-29(37)38-30(3,4)5/h6-12,17-18,20,25H,13-16,19H2,1-5H3,(H,31,36)(H,32,37)(H,33,34). The molecule has 1 fully saturated rings. The summed E-state index contributed by atoms with van der Waals surface area (Å²) < 4.78 is 5.38. The summed E-state index contributed by atoms with van der Waals surface area (Å²) in [6.07, 6.45) is 1.49. The van der Waals surface area contributed by atoms with Gasteiger partial charge in [0.25, 0.3) is 5.91 Å². The van der Waals surface area contributed by atoms with Gasteiger partial charge in [0.2, 0.25) is 0 Å². The van der Waals surface area contributed by atoms with Crippen LogP contribution in [0.2, 0.25) is 0 Å². The third-order valence-corrected chi connectivity index (χ3v) is 6.40. The van der Waals surface area contributed by atoms with Crippen molar-refractivity contribution in [2.24, 2.45) is 0 Å². The molecule has 1 aliphatic heterocycles. The molecule has 0 spiro atoms. The first-order valence-electron chi connectivity index (χ1n) is 13.3. The predicted octanol–water partition coefficient (Wildman–Crippen LogP) is 5.37. The molecule has 2 amide bonds. The van der Waals surface area contributed by atoms with Crippen molar-refractivity contribution in [2.45, 2.75) is 71.7 Å². The molecule has 0 unspecified atom stereocenters. The van der Waals surface area contributed by atoms with Crippen LogP contribution in [0, 0.1) is 0 Å². The number of carbonyl (C=O) groups is 2. The van der Waals surface area contributed by atoms with Crippen molar-refractivity contribution in [3.05, 3.63) is 65.7 Å². The summed E-state index contributed by atoms with van der Waals surface area (Å²) in [4.78, 5) is 26.8. The Morgan fingerprint density at radius 1 is 1.05 bits per heavy atom. The van der Waals surface area contributed by atoms with Gasteiger partial charge in [0, 0.05) is 42.8 Å². The third-order valence-electron chi connectivity index (χ3n) is 6.40. The number of aromatic nitrogens is 2. The third kappa shape index (κ3) is 7.68. The largest absolute Gasteiger partial charge is 0.444 e. The molecule has 202 valence electrons. The molecule has 38 heavy (non-hydrogen) atoms. The van der Waals surface area contributed by atoms with E-state index < -0.39 is 5.60 Å². The molecule has 1 saturated heterocycles. The molecule has 2 heterocycles. The first-order valence-corrected chi connectivity index (χ1v) is 13.3. The van der Waals surface area contributed by atoms with Crippen LogP contribution in [0.1, 0.15) is 63.4 Å². The molecule has 0 radical (unpaired) electrons. The zero-order chi connectivity index (χ0) is 27.3. The maximum Gasteiger partial charge on any atom is 0.407 e. The van der Waals surface area contributed by atoms with Gasteiger partial charge in [0.05, 0.1) is 11.4 Å². The van der Waals surface area contributed by atoms with E-state index in [1.54, 1.807) is 0 Å². The molecule has 0 atom stereocenters. The van der Waals surface area contributed by atoms with E-state index in [0.717, 1.165) is 55.0 Å². The van der Waals surface area contributed by atoms with Crippen LogP contribution in [-0.2, 0) is 11.3 Å². The second-order valence-electron chi connectivity index (χ2n) is 11.3. The van der Waals surface area contributed by atoms with Gasteiger partial charge in [-0.3, -0.25) is 14.8 Å².